The third kappa shape index (κ3) is 44.7. The van der Waals surface area contributed by atoms with Gasteiger partial charge in [0.2, 0.25) is 0 Å². The lowest BCUT2D eigenvalue weighted by Crippen LogP contribution is -2.43. The van der Waals surface area contributed by atoms with Gasteiger partial charge in [-0.2, -0.15) is 0 Å². The number of carbonyl (C=O) groups excluding carboxylic acids is 2. The zero-order valence-electron chi connectivity index (χ0n) is 47.5. The van der Waals surface area contributed by atoms with Gasteiger partial charge in [0.05, 0.1) is 32.7 Å². The van der Waals surface area contributed by atoms with Crippen molar-refractivity contribution in [2.45, 2.75) is 316 Å². The minimum absolute atomic E-state index is 0.134. The number of hydrogen-bond acceptors (Lipinski definition) is 10. The van der Waals surface area contributed by atoms with E-state index < -0.39 is 0 Å². The van der Waals surface area contributed by atoms with Gasteiger partial charge in [0.25, 0.3) is 0 Å². The summed E-state index contributed by atoms with van der Waals surface area (Å²) < 4.78 is 35.7. The molecule has 0 aromatic carbocycles. The Morgan fingerprint density at radius 1 is 0.437 bits per heavy atom. The fourth-order valence-corrected chi connectivity index (χ4v) is 10.1. The average molecular weight is 1010 g/mol. The first-order valence-corrected chi connectivity index (χ1v) is 31.1. The molecule has 0 bridgehead atoms. The number of piperidine rings is 1. The molecule has 71 heavy (non-hydrogen) atoms. The van der Waals surface area contributed by atoms with Crippen molar-refractivity contribution in [3.05, 3.63) is 0 Å². The lowest BCUT2D eigenvalue weighted by Gasteiger charge is -2.39. The molecule has 1 rings (SSSR count). The van der Waals surface area contributed by atoms with Crippen LogP contribution >= 0.6 is 0 Å². The first-order chi connectivity index (χ1) is 35.0. The van der Waals surface area contributed by atoms with Gasteiger partial charge in [-0.3, -0.25) is 14.5 Å². The highest BCUT2D eigenvalue weighted by atomic mass is 16.7. The summed E-state index contributed by atoms with van der Waals surface area (Å²) in [5, 5.41) is 9.78. The summed E-state index contributed by atoms with van der Waals surface area (Å²) in [4.78, 5) is 27.8. The summed E-state index contributed by atoms with van der Waals surface area (Å²) in [6.45, 7) is 14.9. The van der Waals surface area contributed by atoms with Gasteiger partial charge in [-0.1, -0.05) is 214 Å². The molecule has 0 aliphatic carbocycles. The highest BCUT2D eigenvalue weighted by Gasteiger charge is 2.27. The molecule has 1 heterocycles. The van der Waals surface area contributed by atoms with E-state index in [0.717, 1.165) is 76.8 Å². The van der Waals surface area contributed by atoms with Crippen LogP contribution in [0.5, 0.6) is 0 Å². The molecule has 1 N–H and O–H groups in total. The Bertz CT molecular complexity index is 1080. The maximum atomic E-state index is 12.6. The van der Waals surface area contributed by atoms with E-state index in [1.165, 1.54) is 186 Å². The van der Waals surface area contributed by atoms with Crippen LogP contribution in [0.4, 0.5) is 0 Å². The lowest BCUT2D eigenvalue weighted by molar-refractivity contribution is -0.159. The second-order valence-corrected chi connectivity index (χ2v) is 21.3. The Balaban J connectivity index is 2.24. The molecular formula is C61H119NO9. The zero-order valence-corrected chi connectivity index (χ0v) is 47.5. The van der Waals surface area contributed by atoms with Crippen molar-refractivity contribution in [3.63, 3.8) is 0 Å². The number of ether oxygens (including phenoxy) is 6. The molecule has 0 amide bonds. The van der Waals surface area contributed by atoms with Crippen LogP contribution in [0.15, 0.2) is 0 Å². The van der Waals surface area contributed by atoms with Gasteiger partial charge in [0.1, 0.15) is 0 Å². The van der Waals surface area contributed by atoms with Crippen LogP contribution in [-0.2, 0) is 38.0 Å². The SMILES string of the molecule is CCCCCCCCOC(CCC(=O)OCCCCCCCC1CCN(CCO)C(CCCCCCCOC(=O)CCC(OCCCCCCCC)OCCCCCCCC)C1)OCCCCCCCC. The largest absolute Gasteiger partial charge is 0.466 e. The minimum Gasteiger partial charge on any atom is -0.466 e. The molecule has 422 valence electrons. The van der Waals surface area contributed by atoms with E-state index in [4.69, 9.17) is 28.4 Å². The van der Waals surface area contributed by atoms with Crippen LogP contribution in [0, 0.1) is 5.92 Å². The molecule has 0 radical (unpaired) electrons. The van der Waals surface area contributed by atoms with E-state index in [1.54, 1.807) is 0 Å². The molecule has 10 heteroatoms. The number of β-amino-alcohol motifs (C(OH)–C–C–N with tert-alkyl or cyclic N) is 1. The molecule has 0 spiro atoms. The molecule has 1 aliphatic heterocycles. The molecule has 0 aromatic rings. The first kappa shape index (κ1) is 67.7. The number of hydrogen-bond donors (Lipinski definition) is 1. The standard InChI is InChI=1S/C61H119NO9/c1-5-9-13-17-25-35-51-68-60(69-52-36-26-18-14-10-6-2)43-41-58(64)66-49-33-29-21-23-31-39-56-45-46-62(47-48-63)57(55-56)40-32-24-22-30-34-50-67-59(65)42-44-61(70-53-37-27-19-15-11-7-3)71-54-38-28-20-16-12-8-4/h56-57,60-61,63H,5-55H2,1-4H3. The van der Waals surface area contributed by atoms with E-state index in [0.29, 0.717) is 71.4 Å². The number of aliphatic hydroxyl groups excluding tert-OH is 1. The van der Waals surface area contributed by atoms with E-state index in [9.17, 15) is 14.7 Å². The van der Waals surface area contributed by atoms with Crippen molar-refractivity contribution in [2.75, 3.05) is 59.3 Å². The summed E-state index contributed by atoms with van der Waals surface area (Å²) in [6, 6.07) is 0.568. The van der Waals surface area contributed by atoms with Crippen molar-refractivity contribution in [1.82, 2.24) is 4.90 Å². The molecule has 10 nitrogen and oxygen atoms in total. The molecule has 1 saturated heterocycles. The lowest BCUT2D eigenvalue weighted by atomic mass is 9.84. The smallest absolute Gasteiger partial charge is 0.305 e. The second-order valence-electron chi connectivity index (χ2n) is 21.3. The number of esters is 2. The number of nitrogens with zero attached hydrogens (tertiary/aromatic N) is 1. The Morgan fingerprint density at radius 3 is 1.13 bits per heavy atom. The average Bonchev–Trinajstić information content (AvgIpc) is 3.37. The van der Waals surface area contributed by atoms with Crippen LogP contribution in [0.1, 0.15) is 297 Å². The maximum Gasteiger partial charge on any atom is 0.305 e. The highest BCUT2D eigenvalue weighted by molar-refractivity contribution is 5.69. The third-order valence-corrected chi connectivity index (χ3v) is 14.7. The van der Waals surface area contributed by atoms with Gasteiger partial charge in [0.15, 0.2) is 12.6 Å². The number of likely N-dealkylation sites (tertiary alicyclic amines) is 1. The Kier molecular flexibility index (Phi) is 51.0. The number of carbonyl (C=O) groups is 2. The molecule has 2 atom stereocenters. The predicted molar refractivity (Wildman–Crippen MR) is 296 cm³/mol. The zero-order chi connectivity index (χ0) is 51.3. The van der Waals surface area contributed by atoms with Crippen LogP contribution in [0.2, 0.25) is 0 Å². The van der Waals surface area contributed by atoms with E-state index in [-0.39, 0.29) is 31.1 Å². The fraction of sp³-hybridized carbons (Fsp3) is 0.967. The van der Waals surface area contributed by atoms with Crippen LogP contribution in [0.25, 0.3) is 0 Å². The van der Waals surface area contributed by atoms with Crippen molar-refractivity contribution in [2.24, 2.45) is 5.92 Å². The first-order valence-electron chi connectivity index (χ1n) is 31.1. The fourth-order valence-electron chi connectivity index (χ4n) is 10.1. The molecule has 1 fully saturated rings. The van der Waals surface area contributed by atoms with Crippen molar-refractivity contribution in [1.29, 1.82) is 0 Å². The molecule has 0 saturated carbocycles. The van der Waals surface area contributed by atoms with Crippen molar-refractivity contribution >= 4 is 11.9 Å². The number of aliphatic hydroxyl groups is 1. The van der Waals surface area contributed by atoms with Gasteiger partial charge < -0.3 is 33.5 Å². The quantitative estimate of drug-likeness (QED) is 0.0359. The highest BCUT2D eigenvalue weighted by Crippen LogP contribution is 2.30. The minimum atomic E-state index is -0.321. The van der Waals surface area contributed by atoms with Crippen molar-refractivity contribution < 1.29 is 43.1 Å². The van der Waals surface area contributed by atoms with Crippen LogP contribution in [0.3, 0.4) is 0 Å². The molecule has 0 aromatic heterocycles. The normalized spacial score (nSPS) is 15.4. The van der Waals surface area contributed by atoms with E-state index in [2.05, 4.69) is 32.6 Å². The predicted octanol–water partition coefficient (Wildman–Crippen LogP) is 16.5. The topological polar surface area (TPSA) is 113 Å². The summed E-state index contributed by atoms with van der Waals surface area (Å²) in [6.07, 6.45) is 46.9. The molecular weight excluding hydrogens is 891 g/mol. The summed E-state index contributed by atoms with van der Waals surface area (Å²) in [5.74, 6) is 0.498. The second kappa shape index (κ2) is 53.5. The number of unbranched alkanes of at least 4 members (excludes halogenated alkanes) is 28. The van der Waals surface area contributed by atoms with Gasteiger partial charge >= 0.3 is 11.9 Å². The van der Waals surface area contributed by atoms with Gasteiger partial charge in [0, 0.05) is 51.9 Å². The summed E-state index contributed by atoms with van der Waals surface area (Å²) >= 11 is 0. The van der Waals surface area contributed by atoms with Gasteiger partial charge in [-0.25, -0.2) is 0 Å². The van der Waals surface area contributed by atoms with Crippen LogP contribution in [-0.4, -0.2) is 99.9 Å². The summed E-state index contributed by atoms with van der Waals surface area (Å²) in [5.41, 5.74) is 0. The monoisotopic (exact) mass is 1010 g/mol. The van der Waals surface area contributed by atoms with Gasteiger partial charge in [-0.05, 0) is 70.3 Å². The maximum absolute atomic E-state index is 12.6. The van der Waals surface area contributed by atoms with E-state index >= 15 is 0 Å². The summed E-state index contributed by atoms with van der Waals surface area (Å²) in [7, 11) is 0. The third-order valence-electron chi connectivity index (χ3n) is 14.7. The molecule has 2 unspecified atom stereocenters. The van der Waals surface area contributed by atoms with Gasteiger partial charge in [-0.15, -0.1) is 0 Å². The van der Waals surface area contributed by atoms with E-state index in [1.807, 2.05) is 0 Å². The van der Waals surface area contributed by atoms with Crippen LogP contribution < -0.4 is 0 Å². The Morgan fingerprint density at radius 2 is 0.761 bits per heavy atom. The Hall–Kier alpha value is -1.30. The van der Waals surface area contributed by atoms with Crippen molar-refractivity contribution in [3.8, 4) is 0 Å². The molecule has 1 aliphatic rings. The number of rotatable bonds is 56. The Labute approximate surface area is 439 Å².